The van der Waals surface area contributed by atoms with Gasteiger partial charge in [0.15, 0.2) is 5.82 Å². The van der Waals surface area contributed by atoms with Gasteiger partial charge in [-0.25, -0.2) is 0 Å². The van der Waals surface area contributed by atoms with Crippen molar-refractivity contribution >= 4 is 11.5 Å². The van der Waals surface area contributed by atoms with Crippen LogP contribution in [0.25, 0.3) is 0 Å². The molecule has 0 radical (unpaired) electrons. The molecule has 0 aliphatic carbocycles. The first kappa shape index (κ1) is 11.5. The van der Waals surface area contributed by atoms with Crippen molar-refractivity contribution in [3.8, 4) is 0 Å². The molecular formula is C13H16N4. The zero-order valence-corrected chi connectivity index (χ0v) is 10.0. The van der Waals surface area contributed by atoms with E-state index in [1.165, 1.54) is 0 Å². The van der Waals surface area contributed by atoms with Crippen LogP contribution < -0.4 is 11.1 Å². The predicted octanol–water partition coefficient (Wildman–Crippen LogP) is 2.55. The smallest absolute Gasteiger partial charge is 0.153 e. The third-order valence-electron chi connectivity index (χ3n) is 2.51. The largest absolute Gasteiger partial charge is 0.338 e. The number of aromatic nitrogens is 2. The summed E-state index contributed by atoms with van der Waals surface area (Å²) in [6.07, 6.45) is 1.72. The molecule has 0 bridgehead atoms. The van der Waals surface area contributed by atoms with Crippen LogP contribution in [0.4, 0.5) is 11.5 Å². The summed E-state index contributed by atoms with van der Waals surface area (Å²) in [5.74, 6) is 0.734. The molecule has 0 aliphatic heterocycles. The number of rotatable bonds is 3. The normalized spacial score (nSPS) is 12.2. The van der Waals surface area contributed by atoms with Crippen molar-refractivity contribution < 1.29 is 0 Å². The number of benzene rings is 1. The maximum atomic E-state index is 5.92. The Hall–Kier alpha value is -1.94. The molecule has 0 saturated carbocycles. The number of para-hydroxylation sites is 1. The maximum absolute atomic E-state index is 5.92. The van der Waals surface area contributed by atoms with Crippen LogP contribution in [0.3, 0.4) is 0 Å². The molecule has 2 aromatic rings. The first-order valence-corrected chi connectivity index (χ1v) is 5.57. The lowest BCUT2D eigenvalue weighted by molar-refractivity contribution is 0.820. The molecule has 1 aromatic carbocycles. The van der Waals surface area contributed by atoms with E-state index in [2.05, 4.69) is 15.5 Å². The Morgan fingerprint density at radius 2 is 2.06 bits per heavy atom. The Morgan fingerprint density at radius 1 is 1.29 bits per heavy atom. The second-order valence-corrected chi connectivity index (χ2v) is 4.12. The predicted molar refractivity (Wildman–Crippen MR) is 69.1 cm³/mol. The van der Waals surface area contributed by atoms with Gasteiger partial charge in [0.1, 0.15) is 0 Å². The minimum atomic E-state index is -0.0172. The van der Waals surface area contributed by atoms with Crippen LogP contribution in [0.1, 0.15) is 24.1 Å². The standard InChI is InChI=1S/C13H16N4/c1-9-7-13(17-15-8-9)16-12-6-4-3-5-11(12)10(2)14/h3-8,10H,14H2,1-2H3,(H,16,17). The highest BCUT2D eigenvalue weighted by Gasteiger charge is 2.06. The van der Waals surface area contributed by atoms with Crippen LogP contribution in [0.15, 0.2) is 36.5 Å². The quantitative estimate of drug-likeness (QED) is 0.847. The monoisotopic (exact) mass is 228 g/mol. The Labute approximate surface area is 101 Å². The zero-order valence-electron chi connectivity index (χ0n) is 10.0. The summed E-state index contributed by atoms with van der Waals surface area (Å²) in [6, 6.07) is 9.88. The van der Waals surface area contributed by atoms with Crippen LogP contribution in [-0.2, 0) is 0 Å². The van der Waals surface area contributed by atoms with Gasteiger partial charge in [0, 0.05) is 11.7 Å². The summed E-state index contributed by atoms with van der Waals surface area (Å²) in [4.78, 5) is 0. The van der Waals surface area contributed by atoms with Crippen molar-refractivity contribution in [2.45, 2.75) is 19.9 Å². The van der Waals surface area contributed by atoms with E-state index in [4.69, 9.17) is 5.73 Å². The number of aryl methyl sites for hydroxylation is 1. The van der Waals surface area contributed by atoms with Crippen molar-refractivity contribution in [1.29, 1.82) is 0 Å². The molecule has 0 saturated heterocycles. The number of hydrogen-bond donors (Lipinski definition) is 2. The number of nitrogens with two attached hydrogens (primary N) is 1. The van der Waals surface area contributed by atoms with Gasteiger partial charge in [-0.3, -0.25) is 0 Å². The second-order valence-electron chi connectivity index (χ2n) is 4.12. The Morgan fingerprint density at radius 3 is 2.76 bits per heavy atom. The van der Waals surface area contributed by atoms with Gasteiger partial charge in [-0.2, -0.15) is 5.10 Å². The van der Waals surface area contributed by atoms with E-state index in [1.54, 1.807) is 6.20 Å². The second kappa shape index (κ2) is 4.93. The lowest BCUT2D eigenvalue weighted by Crippen LogP contribution is -2.08. The van der Waals surface area contributed by atoms with Crippen molar-refractivity contribution in [1.82, 2.24) is 10.2 Å². The average Bonchev–Trinajstić information content (AvgIpc) is 2.29. The molecule has 17 heavy (non-hydrogen) atoms. The summed E-state index contributed by atoms with van der Waals surface area (Å²) < 4.78 is 0. The number of hydrogen-bond acceptors (Lipinski definition) is 4. The van der Waals surface area contributed by atoms with Gasteiger partial charge in [-0.1, -0.05) is 18.2 Å². The summed E-state index contributed by atoms with van der Waals surface area (Å²) in [5, 5.41) is 11.2. The Kier molecular flexibility index (Phi) is 3.35. The molecule has 3 N–H and O–H groups in total. The van der Waals surface area contributed by atoms with Crippen LogP contribution in [0.2, 0.25) is 0 Å². The average molecular weight is 228 g/mol. The Bertz CT molecular complexity index is 508. The number of nitrogens with one attached hydrogen (secondary N) is 1. The number of nitrogens with zero attached hydrogens (tertiary/aromatic N) is 2. The molecule has 0 amide bonds. The molecule has 0 fully saturated rings. The molecule has 1 atom stereocenters. The van der Waals surface area contributed by atoms with Gasteiger partial charge < -0.3 is 11.1 Å². The molecule has 1 unspecified atom stereocenters. The molecule has 1 aromatic heterocycles. The molecule has 4 heteroatoms. The molecule has 1 heterocycles. The van der Waals surface area contributed by atoms with Crippen molar-refractivity contribution in [2.24, 2.45) is 5.73 Å². The lowest BCUT2D eigenvalue weighted by Gasteiger charge is -2.13. The molecule has 2 rings (SSSR count). The van der Waals surface area contributed by atoms with Crippen LogP contribution in [-0.4, -0.2) is 10.2 Å². The van der Waals surface area contributed by atoms with E-state index in [-0.39, 0.29) is 6.04 Å². The summed E-state index contributed by atoms with van der Waals surface area (Å²) in [6.45, 7) is 3.94. The number of anilines is 2. The molecule has 0 aliphatic rings. The van der Waals surface area contributed by atoms with Crippen molar-refractivity contribution in [2.75, 3.05) is 5.32 Å². The maximum Gasteiger partial charge on any atom is 0.153 e. The van der Waals surface area contributed by atoms with E-state index in [1.807, 2.05) is 44.2 Å². The van der Waals surface area contributed by atoms with E-state index < -0.39 is 0 Å². The minimum Gasteiger partial charge on any atom is -0.338 e. The van der Waals surface area contributed by atoms with Crippen LogP contribution >= 0.6 is 0 Å². The lowest BCUT2D eigenvalue weighted by atomic mass is 10.1. The van der Waals surface area contributed by atoms with E-state index >= 15 is 0 Å². The van der Waals surface area contributed by atoms with Crippen molar-refractivity contribution in [3.63, 3.8) is 0 Å². The first-order valence-electron chi connectivity index (χ1n) is 5.57. The third kappa shape index (κ3) is 2.79. The SMILES string of the molecule is Cc1cnnc(Nc2ccccc2C(C)N)c1. The zero-order chi connectivity index (χ0) is 12.3. The van der Waals surface area contributed by atoms with E-state index in [9.17, 15) is 0 Å². The summed E-state index contributed by atoms with van der Waals surface area (Å²) in [5.41, 5.74) is 9.03. The topological polar surface area (TPSA) is 63.8 Å². The van der Waals surface area contributed by atoms with Gasteiger partial charge >= 0.3 is 0 Å². The minimum absolute atomic E-state index is 0.0172. The fourth-order valence-electron chi connectivity index (χ4n) is 1.67. The van der Waals surface area contributed by atoms with Crippen LogP contribution in [0.5, 0.6) is 0 Å². The molecule has 4 nitrogen and oxygen atoms in total. The third-order valence-corrected chi connectivity index (χ3v) is 2.51. The van der Waals surface area contributed by atoms with Gasteiger partial charge in [0.2, 0.25) is 0 Å². The van der Waals surface area contributed by atoms with Gasteiger partial charge in [0.05, 0.1) is 6.20 Å². The fourth-order valence-corrected chi connectivity index (χ4v) is 1.67. The fraction of sp³-hybridized carbons (Fsp3) is 0.231. The molecular weight excluding hydrogens is 212 g/mol. The van der Waals surface area contributed by atoms with Gasteiger partial charge in [0.25, 0.3) is 0 Å². The highest BCUT2D eigenvalue weighted by Crippen LogP contribution is 2.23. The Balaban J connectivity index is 2.30. The summed E-state index contributed by atoms with van der Waals surface area (Å²) in [7, 11) is 0. The van der Waals surface area contributed by atoms with Gasteiger partial charge in [-0.15, -0.1) is 5.10 Å². The van der Waals surface area contributed by atoms with Gasteiger partial charge in [-0.05, 0) is 37.1 Å². The van der Waals surface area contributed by atoms with E-state index in [0.717, 1.165) is 22.6 Å². The van der Waals surface area contributed by atoms with Crippen LogP contribution in [0, 0.1) is 6.92 Å². The first-order chi connectivity index (χ1) is 8.16. The molecule has 0 spiro atoms. The van der Waals surface area contributed by atoms with E-state index in [0.29, 0.717) is 0 Å². The molecule has 88 valence electrons. The van der Waals surface area contributed by atoms with Crippen molar-refractivity contribution in [3.05, 3.63) is 47.7 Å². The highest BCUT2D eigenvalue weighted by atomic mass is 15.2. The highest BCUT2D eigenvalue weighted by molar-refractivity contribution is 5.61. The summed E-state index contributed by atoms with van der Waals surface area (Å²) >= 11 is 0.